The molecule has 3 nitrogen and oxygen atoms in total. The van der Waals surface area contributed by atoms with Crippen molar-refractivity contribution < 1.29 is 9.63 Å². The minimum atomic E-state index is -0.178. The van der Waals surface area contributed by atoms with E-state index < -0.39 is 0 Å². The van der Waals surface area contributed by atoms with E-state index in [2.05, 4.69) is 16.9 Å². The third-order valence-corrected chi connectivity index (χ3v) is 0.546. The van der Waals surface area contributed by atoms with E-state index in [0.717, 1.165) is 0 Å². The standard InChI is InChI=1S/C5H9NO2/c1-3-4-5(7)6-8-2/h3H,1,4H2,2H3,(H,6,7). The van der Waals surface area contributed by atoms with Crippen molar-refractivity contribution in [3.63, 3.8) is 0 Å². The fourth-order valence-corrected chi connectivity index (χ4v) is 0.287. The quantitative estimate of drug-likeness (QED) is 0.422. The van der Waals surface area contributed by atoms with Crippen LogP contribution in [0.2, 0.25) is 0 Å². The van der Waals surface area contributed by atoms with E-state index >= 15 is 0 Å². The van der Waals surface area contributed by atoms with Gasteiger partial charge in [-0.1, -0.05) is 6.08 Å². The Bertz CT molecular complexity index is 90.4. The highest BCUT2D eigenvalue weighted by atomic mass is 16.6. The summed E-state index contributed by atoms with van der Waals surface area (Å²) in [6.07, 6.45) is 1.81. The predicted molar refractivity (Wildman–Crippen MR) is 30.0 cm³/mol. The van der Waals surface area contributed by atoms with Crippen LogP contribution in [0.4, 0.5) is 0 Å². The molecule has 0 aliphatic heterocycles. The zero-order chi connectivity index (χ0) is 6.41. The summed E-state index contributed by atoms with van der Waals surface area (Å²) in [6.45, 7) is 3.37. The van der Waals surface area contributed by atoms with Gasteiger partial charge in [-0.3, -0.25) is 9.63 Å². The number of amides is 1. The van der Waals surface area contributed by atoms with Gasteiger partial charge in [0.15, 0.2) is 0 Å². The van der Waals surface area contributed by atoms with Crippen molar-refractivity contribution in [2.45, 2.75) is 6.42 Å². The van der Waals surface area contributed by atoms with Crippen molar-refractivity contribution in [1.82, 2.24) is 5.48 Å². The largest absolute Gasteiger partial charge is 0.277 e. The number of hydroxylamine groups is 1. The zero-order valence-electron chi connectivity index (χ0n) is 4.81. The molecule has 0 aromatic carbocycles. The monoisotopic (exact) mass is 115 g/mol. The molecule has 0 fully saturated rings. The van der Waals surface area contributed by atoms with E-state index in [1.807, 2.05) is 0 Å². The maximum absolute atomic E-state index is 10.3. The van der Waals surface area contributed by atoms with Gasteiger partial charge in [0.2, 0.25) is 5.91 Å². The summed E-state index contributed by atoms with van der Waals surface area (Å²) in [6, 6.07) is 0. The molecule has 0 aliphatic rings. The summed E-state index contributed by atoms with van der Waals surface area (Å²) < 4.78 is 0. The lowest BCUT2D eigenvalue weighted by Gasteiger charge is -1.95. The summed E-state index contributed by atoms with van der Waals surface area (Å²) in [4.78, 5) is 14.6. The molecule has 0 unspecified atom stereocenters. The smallest absolute Gasteiger partial charge is 0.247 e. The Morgan fingerprint density at radius 3 is 3.00 bits per heavy atom. The van der Waals surface area contributed by atoms with Crippen molar-refractivity contribution in [1.29, 1.82) is 0 Å². The number of nitrogens with one attached hydrogen (secondary N) is 1. The fourth-order valence-electron chi connectivity index (χ4n) is 0.287. The van der Waals surface area contributed by atoms with Gasteiger partial charge in [-0.25, -0.2) is 5.48 Å². The Labute approximate surface area is 48.3 Å². The Balaban J connectivity index is 3.18. The molecule has 0 atom stereocenters. The van der Waals surface area contributed by atoms with Crippen molar-refractivity contribution in [2.75, 3.05) is 7.11 Å². The molecule has 46 valence electrons. The lowest BCUT2D eigenvalue weighted by atomic mass is 10.4. The van der Waals surface area contributed by atoms with Gasteiger partial charge in [0.25, 0.3) is 0 Å². The summed E-state index contributed by atoms with van der Waals surface area (Å²) in [5, 5.41) is 0. The number of carbonyl (C=O) groups excluding carboxylic acids is 1. The van der Waals surface area contributed by atoms with Crippen LogP contribution in [0.5, 0.6) is 0 Å². The lowest BCUT2D eigenvalue weighted by Crippen LogP contribution is -2.20. The molecule has 0 saturated heterocycles. The fraction of sp³-hybridized carbons (Fsp3) is 0.400. The first-order valence-electron chi connectivity index (χ1n) is 2.24. The molecular formula is C5H9NO2. The molecule has 0 aromatic heterocycles. The molecule has 8 heavy (non-hydrogen) atoms. The molecule has 0 rings (SSSR count). The van der Waals surface area contributed by atoms with Crippen LogP contribution >= 0.6 is 0 Å². The van der Waals surface area contributed by atoms with Crippen LogP contribution < -0.4 is 5.48 Å². The van der Waals surface area contributed by atoms with Crippen molar-refractivity contribution in [3.8, 4) is 0 Å². The molecular weight excluding hydrogens is 106 g/mol. The van der Waals surface area contributed by atoms with E-state index in [9.17, 15) is 4.79 Å². The highest BCUT2D eigenvalue weighted by molar-refractivity contribution is 5.76. The molecule has 1 N–H and O–H groups in total. The van der Waals surface area contributed by atoms with Crippen LogP contribution in [0, 0.1) is 0 Å². The van der Waals surface area contributed by atoms with Crippen LogP contribution in [0.3, 0.4) is 0 Å². The van der Waals surface area contributed by atoms with Gasteiger partial charge in [0.1, 0.15) is 0 Å². The normalized spacial score (nSPS) is 8.12. The Hall–Kier alpha value is -0.830. The number of rotatable bonds is 3. The topological polar surface area (TPSA) is 38.3 Å². The van der Waals surface area contributed by atoms with E-state index in [0.29, 0.717) is 6.42 Å². The lowest BCUT2D eigenvalue weighted by molar-refractivity contribution is -0.130. The third-order valence-electron chi connectivity index (χ3n) is 0.546. The minimum Gasteiger partial charge on any atom is -0.277 e. The summed E-state index contributed by atoms with van der Waals surface area (Å²) in [5.74, 6) is -0.178. The van der Waals surface area contributed by atoms with Gasteiger partial charge in [-0.2, -0.15) is 0 Å². The van der Waals surface area contributed by atoms with Crippen LogP contribution in [0.15, 0.2) is 12.7 Å². The molecule has 0 aliphatic carbocycles. The first-order valence-corrected chi connectivity index (χ1v) is 2.24. The molecule has 0 saturated carbocycles. The number of hydrogen-bond acceptors (Lipinski definition) is 2. The Morgan fingerprint density at radius 2 is 2.62 bits per heavy atom. The van der Waals surface area contributed by atoms with Gasteiger partial charge in [0, 0.05) is 6.42 Å². The molecule has 0 heterocycles. The predicted octanol–water partition coefficient (Wildman–Crippen LogP) is 0.240. The van der Waals surface area contributed by atoms with Crippen LogP contribution in [-0.4, -0.2) is 13.0 Å². The molecule has 0 aromatic rings. The maximum atomic E-state index is 10.3. The van der Waals surface area contributed by atoms with Gasteiger partial charge in [-0.15, -0.1) is 6.58 Å². The second-order valence-electron chi connectivity index (χ2n) is 1.22. The second-order valence-corrected chi connectivity index (χ2v) is 1.22. The van der Waals surface area contributed by atoms with Crippen LogP contribution in [0.25, 0.3) is 0 Å². The molecule has 3 heteroatoms. The minimum absolute atomic E-state index is 0.178. The van der Waals surface area contributed by atoms with Crippen molar-refractivity contribution in [2.24, 2.45) is 0 Å². The summed E-state index contributed by atoms with van der Waals surface area (Å²) >= 11 is 0. The van der Waals surface area contributed by atoms with Gasteiger partial charge < -0.3 is 0 Å². The van der Waals surface area contributed by atoms with Gasteiger partial charge in [0.05, 0.1) is 7.11 Å². The average Bonchev–Trinajstić information content (AvgIpc) is 1.68. The summed E-state index contributed by atoms with van der Waals surface area (Å²) in [7, 11) is 1.39. The van der Waals surface area contributed by atoms with Crippen molar-refractivity contribution >= 4 is 5.91 Å². The molecule has 1 amide bonds. The van der Waals surface area contributed by atoms with Crippen molar-refractivity contribution in [3.05, 3.63) is 12.7 Å². The molecule has 0 spiro atoms. The zero-order valence-corrected chi connectivity index (χ0v) is 4.81. The first-order chi connectivity index (χ1) is 3.81. The van der Waals surface area contributed by atoms with Crippen LogP contribution in [-0.2, 0) is 9.63 Å². The third kappa shape index (κ3) is 3.36. The van der Waals surface area contributed by atoms with E-state index in [1.165, 1.54) is 13.2 Å². The van der Waals surface area contributed by atoms with E-state index in [-0.39, 0.29) is 5.91 Å². The van der Waals surface area contributed by atoms with Crippen LogP contribution in [0.1, 0.15) is 6.42 Å². The first kappa shape index (κ1) is 7.17. The molecule has 0 bridgehead atoms. The van der Waals surface area contributed by atoms with Gasteiger partial charge >= 0.3 is 0 Å². The van der Waals surface area contributed by atoms with Gasteiger partial charge in [-0.05, 0) is 0 Å². The SMILES string of the molecule is C=CCC(=O)NOC. The molecule has 0 radical (unpaired) electrons. The number of hydrogen-bond donors (Lipinski definition) is 1. The maximum Gasteiger partial charge on any atom is 0.247 e. The second kappa shape index (κ2) is 4.33. The summed E-state index contributed by atoms with van der Waals surface area (Å²) in [5.41, 5.74) is 2.14. The van der Waals surface area contributed by atoms with E-state index in [4.69, 9.17) is 0 Å². The Morgan fingerprint density at radius 1 is 2.00 bits per heavy atom. The van der Waals surface area contributed by atoms with E-state index in [1.54, 1.807) is 0 Å². The average molecular weight is 115 g/mol. The number of carbonyl (C=O) groups is 1. The Kier molecular flexibility index (Phi) is 3.88. The highest BCUT2D eigenvalue weighted by Gasteiger charge is 1.91. The highest BCUT2D eigenvalue weighted by Crippen LogP contribution is 1.76.